The lowest BCUT2D eigenvalue weighted by atomic mass is 9.92. The molecule has 2 atom stereocenters. The van der Waals surface area contributed by atoms with Crippen LogP contribution in [-0.4, -0.2) is 28.5 Å². The van der Waals surface area contributed by atoms with Gasteiger partial charge in [-0.15, -0.1) is 0 Å². The molecule has 0 spiro atoms. The van der Waals surface area contributed by atoms with Gasteiger partial charge in [0.15, 0.2) is 0 Å². The van der Waals surface area contributed by atoms with E-state index in [0.717, 1.165) is 18.5 Å². The molecule has 1 aliphatic rings. The Bertz CT molecular complexity index is 740. The molecule has 116 valence electrons. The van der Waals surface area contributed by atoms with Gasteiger partial charge >= 0.3 is 0 Å². The van der Waals surface area contributed by atoms with Crippen molar-refractivity contribution in [3.05, 3.63) is 46.9 Å². The molecule has 0 bridgehead atoms. The van der Waals surface area contributed by atoms with E-state index in [1.54, 1.807) is 6.20 Å². The lowest BCUT2D eigenvalue weighted by Crippen LogP contribution is -2.44. The zero-order valence-corrected chi connectivity index (χ0v) is 13.2. The number of pyridine rings is 1. The van der Waals surface area contributed by atoms with Crippen LogP contribution < -0.4 is 5.56 Å². The van der Waals surface area contributed by atoms with Crippen LogP contribution in [-0.2, 0) is 11.3 Å². The number of rotatable bonds is 2. The maximum absolute atomic E-state index is 12.5. The van der Waals surface area contributed by atoms with E-state index in [1.807, 2.05) is 35.2 Å². The number of carbonyl (C=O) groups is 1. The van der Waals surface area contributed by atoms with Crippen LogP contribution in [0.2, 0.25) is 0 Å². The molecule has 1 aromatic heterocycles. The van der Waals surface area contributed by atoms with Crippen molar-refractivity contribution in [2.24, 2.45) is 11.8 Å². The molecule has 1 amide bonds. The normalized spacial score (nSPS) is 22.0. The highest BCUT2D eigenvalue weighted by Crippen LogP contribution is 2.21. The molecule has 0 unspecified atom stereocenters. The number of likely N-dealkylation sites (tertiary alicyclic amines) is 1. The van der Waals surface area contributed by atoms with Crippen molar-refractivity contribution in [1.82, 2.24) is 9.47 Å². The molecule has 1 aromatic carbocycles. The van der Waals surface area contributed by atoms with Crippen LogP contribution in [0.15, 0.2) is 41.3 Å². The first-order chi connectivity index (χ1) is 10.5. The van der Waals surface area contributed by atoms with E-state index in [2.05, 4.69) is 13.8 Å². The first kappa shape index (κ1) is 14.8. The van der Waals surface area contributed by atoms with Gasteiger partial charge in [0, 0.05) is 24.7 Å². The first-order valence-electron chi connectivity index (χ1n) is 7.90. The number of hydrogen-bond acceptors (Lipinski definition) is 2. The highest BCUT2D eigenvalue weighted by molar-refractivity contribution is 5.82. The van der Waals surface area contributed by atoms with Crippen LogP contribution in [0.25, 0.3) is 10.8 Å². The standard InChI is InChI=1S/C18H22N2O2/c1-13-9-14(2)11-20(10-13)17(21)12-19-8-7-15-5-3-4-6-16(15)18(19)22/h3-8,13-14H,9-12H2,1-2H3/t13-,14-/m0/s1. The van der Waals surface area contributed by atoms with E-state index in [1.165, 1.54) is 11.0 Å². The molecule has 0 radical (unpaired) electrons. The Labute approximate surface area is 130 Å². The van der Waals surface area contributed by atoms with Crippen molar-refractivity contribution in [3.8, 4) is 0 Å². The fourth-order valence-corrected chi connectivity index (χ4v) is 3.47. The zero-order valence-electron chi connectivity index (χ0n) is 13.2. The first-order valence-corrected chi connectivity index (χ1v) is 7.90. The second kappa shape index (κ2) is 5.95. The Morgan fingerprint density at radius 2 is 1.82 bits per heavy atom. The second-order valence-electron chi connectivity index (χ2n) is 6.58. The summed E-state index contributed by atoms with van der Waals surface area (Å²) in [7, 11) is 0. The van der Waals surface area contributed by atoms with Crippen molar-refractivity contribution in [3.63, 3.8) is 0 Å². The number of fused-ring (bicyclic) bond motifs is 1. The Balaban J connectivity index is 1.82. The Morgan fingerprint density at radius 3 is 2.55 bits per heavy atom. The SMILES string of the molecule is C[C@H]1C[C@H](C)CN(C(=O)Cn2ccc3ccccc3c2=O)C1. The van der Waals surface area contributed by atoms with Crippen molar-refractivity contribution in [1.29, 1.82) is 0 Å². The molecule has 3 rings (SSSR count). The minimum atomic E-state index is -0.0930. The molecule has 0 N–H and O–H groups in total. The van der Waals surface area contributed by atoms with E-state index in [9.17, 15) is 9.59 Å². The lowest BCUT2D eigenvalue weighted by molar-refractivity contribution is -0.134. The van der Waals surface area contributed by atoms with E-state index in [0.29, 0.717) is 17.2 Å². The number of aromatic nitrogens is 1. The van der Waals surface area contributed by atoms with E-state index in [4.69, 9.17) is 0 Å². The molecule has 4 nitrogen and oxygen atoms in total. The minimum Gasteiger partial charge on any atom is -0.341 e. The molecule has 22 heavy (non-hydrogen) atoms. The van der Waals surface area contributed by atoms with Crippen LogP contribution in [0, 0.1) is 11.8 Å². The topological polar surface area (TPSA) is 42.3 Å². The molecule has 1 aliphatic heterocycles. The fourth-order valence-electron chi connectivity index (χ4n) is 3.47. The van der Waals surface area contributed by atoms with Gasteiger partial charge in [-0.1, -0.05) is 32.0 Å². The summed E-state index contributed by atoms with van der Waals surface area (Å²) in [5.74, 6) is 1.10. The average molecular weight is 298 g/mol. The number of carbonyl (C=O) groups excluding carboxylic acids is 1. The number of piperidine rings is 1. The number of benzene rings is 1. The Kier molecular flexibility index (Phi) is 4.01. The summed E-state index contributed by atoms with van der Waals surface area (Å²) < 4.78 is 1.52. The van der Waals surface area contributed by atoms with Crippen LogP contribution in [0.1, 0.15) is 20.3 Å². The van der Waals surface area contributed by atoms with Gasteiger partial charge < -0.3 is 9.47 Å². The van der Waals surface area contributed by atoms with Crippen molar-refractivity contribution < 1.29 is 4.79 Å². The predicted molar refractivity (Wildman–Crippen MR) is 87.7 cm³/mol. The average Bonchev–Trinajstić information content (AvgIpc) is 2.49. The second-order valence-corrected chi connectivity index (χ2v) is 6.58. The molecule has 1 fully saturated rings. The summed E-state index contributed by atoms with van der Waals surface area (Å²) >= 11 is 0. The van der Waals surface area contributed by atoms with E-state index < -0.39 is 0 Å². The molecule has 1 saturated heterocycles. The van der Waals surface area contributed by atoms with Gasteiger partial charge in [0.05, 0.1) is 0 Å². The highest BCUT2D eigenvalue weighted by atomic mass is 16.2. The fraction of sp³-hybridized carbons (Fsp3) is 0.444. The Morgan fingerprint density at radius 1 is 1.14 bits per heavy atom. The van der Waals surface area contributed by atoms with Gasteiger partial charge in [0.2, 0.25) is 5.91 Å². The van der Waals surface area contributed by atoms with Crippen molar-refractivity contribution in [2.75, 3.05) is 13.1 Å². The maximum Gasteiger partial charge on any atom is 0.258 e. The smallest absolute Gasteiger partial charge is 0.258 e. The number of nitrogens with zero attached hydrogens (tertiary/aromatic N) is 2. The quantitative estimate of drug-likeness (QED) is 0.855. The third kappa shape index (κ3) is 2.91. The molecular formula is C18H22N2O2. The summed E-state index contributed by atoms with van der Waals surface area (Å²) in [5, 5.41) is 1.58. The van der Waals surface area contributed by atoms with Gasteiger partial charge in [-0.3, -0.25) is 9.59 Å². The third-order valence-corrected chi connectivity index (χ3v) is 4.41. The van der Waals surface area contributed by atoms with Crippen molar-refractivity contribution in [2.45, 2.75) is 26.8 Å². The Hall–Kier alpha value is -2.10. The molecule has 0 aliphatic carbocycles. The van der Waals surface area contributed by atoms with Gasteiger partial charge in [-0.2, -0.15) is 0 Å². The molecule has 2 heterocycles. The minimum absolute atomic E-state index is 0.0378. The van der Waals surface area contributed by atoms with Crippen molar-refractivity contribution >= 4 is 16.7 Å². The van der Waals surface area contributed by atoms with Crippen LogP contribution >= 0.6 is 0 Å². The summed E-state index contributed by atoms with van der Waals surface area (Å²) in [4.78, 5) is 26.9. The van der Waals surface area contributed by atoms with E-state index >= 15 is 0 Å². The maximum atomic E-state index is 12.5. The van der Waals surface area contributed by atoms with Gasteiger partial charge in [0.25, 0.3) is 5.56 Å². The van der Waals surface area contributed by atoms with Crippen LogP contribution in [0.3, 0.4) is 0 Å². The summed E-state index contributed by atoms with van der Waals surface area (Å²) in [5.41, 5.74) is -0.0930. The summed E-state index contributed by atoms with van der Waals surface area (Å²) in [6.07, 6.45) is 2.89. The summed E-state index contributed by atoms with van der Waals surface area (Å²) in [6.45, 7) is 6.08. The van der Waals surface area contributed by atoms with Gasteiger partial charge in [-0.25, -0.2) is 0 Å². The van der Waals surface area contributed by atoms with Gasteiger partial charge in [-0.05, 0) is 35.8 Å². The predicted octanol–water partition coefficient (Wildman–Crippen LogP) is 2.51. The van der Waals surface area contributed by atoms with E-state index in [-0.39, 0.29) is 18.0 Å². The zero-order chi connectivity index (χ0) is 15.7. The number of hydrogen-bond donors (Lipinski definition) is 0. The third-order valence-electron chi connectivity index (χ3n) is 4.41. The largest absolute Gasteiger partial charge is 0.341 e. The van der Waals surface area contributed by atoms with Crippen LogP contribution in [0.4, 0.5) is 0 Å². The molecule has 0 saturated carbocycles. The van der Waals surface area contributed by atoms with Gasteiger partial charge in [0.1, 0.15) is 6.54 Å². The molecule has 2 aromatic rings. The molecule has 4 heteroatoms. The summed E-state index contributed by atoms with van der Waals surface area (Å²) in [6, 6.07) is 9.38. The monoisotopic (exact) mass is 298 g/mol. The lowest BCUT2D eigenvalue weighted by Gasteiger charge is -2.35. The highest BCUT2D eigenvalue weighted by Gasteiger charge is 2.25. The number of amides is 1. The van der Waals surface area contributed by atoms with Crippen LogP contribution in [0.5, 0.6) is 0 Å². The molecular weight excluding hydrogens is 276 g/mol.